The van der Waals surface area contributed by atoms with Crippen LogP contribution in [0.15, 0.2) is 54.6 Å². The van der Waals surface area contributed by atoms with E-state index >= 15 is 0 Å². The molecule has 4 rings (SSSR count). The number of aromatic nitrogens is 1. The highest BCUT2D eigenvalue weighted by Crippen LogP contribution is 2.35. The molecule has 2 aromatic carbocycles. The quantitative estimate of drug-likeness (QED) is 0.780. The summed E-state index contributed by atoms with van der Waals surface area (Å²) in [5, 5.41) is 10.5. The Labute approximate surface area is 141 Å². The van der Waals surface area contributed by atoms with Gasteiger partial charge in [-0.3, -0.25) is 4.79 Å². The highest BCUT2D eigenvalue weighted by Gasteiger charge is 2.26. The largest absolute Gasteiger partial charge is 0.481 e. The van der Waals surface area contributed by atoms with Gasteiger partial charge < -0.3 is 9.67 Å². The number of carboxylic acid groups (broad SMARTS) is 1. The monoisotopic (exact) mass is 319 g/mol. The Morgan fingerprint density at radius 1 is 1.08 bits per heavy atom. The first-order valence-corrected chi connectivity index (χ1v) is 8.57. The van der Waals surface area contributed by atoms with E-state index in [1.807, 2.05) is 6.07 Å². The highest BCUT2D eigenvalue weighted by atomic mass is 16.4. The first-order valence-electron chi connectivity index (χ1n) is 8.57. The summed E-state index contributed by atoms with van der Waals surface area (Å²) >= 11 is 0. The lowest BCUT2D eigenvalue weighted by Crippen LogP contribution is -2.19. The second-order valence-corrected chi connectivity index (χ2v) is 6.72. The van der Waals surface area contributed by atoms with Crippen molar-refractivity contribution in [1.29, 1.82) is 0 Å². The molecule has 3 heteroatoms. The molecule has 1 unspecified atom stereocenters. The summed E-state index contributed by atoms with van der Waals surface area (Å²) in [4.78, 5) is 11.1. The number of aliphatic carboxylic acids is 1. The SMILES string of the molecule is O=C(O)CC1CCc2c(n(Cc3ccccc3)c3ccccc23)C1. The van der Waals surface area contributed by atoms with Gasteiger partial charge in [0, 0.05) is 29.6 Å². The van der Waals surface area contributed by atoms with Crippen LogP contribution >= 0.6 is 0 Å². The number of carboxylic acids is 1. The zero-order valence-electron chi connectivity index (χ0n) is 13.6. The molecule has 24 heavy (non-hydrogen) atoms. The number of nitrogens with zero attached hydrogens (tertiary/aromatic N) is 1. The molecule has 1 atom stereocenters. The third-order valence-corrected chi connectivity index (χ3v) is 5.13. The molecule has 1 aromatic heterocycles. The zero-order chi connectivity index (χ0) is 16.5. The molecular formula is C21H21NO2. The fourth-order valence-electron chi connectivity index (χ4n) is 4.03. The van der Waals surface area contributed by atoms with Crippen LogP contribution in [0.25, 0.3) is 10.9 Å². The molecule has 1 aliphatic carbocycles. The van der Waals surface area contributed by atoms with Gasteiger partial charge in [-0.2, -0.15) is 0 Å². The van der Waals surface area contributed by atoms with Gasteiger partial charge in [-0.05, 0) is 42.4 Å². The van der Waals surface area contributed by atoms with E-state index in [4.69, 9.17) is 5.11 Å². The molecule has 0 amide bonds. The van der Waals surface area contributed by atoms with Crippen molar-refractivity contribution in [3.8, 4) is 0 Å². The van der Waals surface area contributed by atoms with Crippen LogP contribution < -0.4 is 0 Å². The molecule has 0 aliphatic heterocycles. The molecule has 0 saturated carbocycles. The fraction of sp³-hybridized carbons (Fsp3) is 0.286. The highest BCUT2D eigenvalue weighted by molar-refractivity contribution is 5.86. The number of fused-ring (bicyclic) bond motifs is 3. The molecule has 3 nitrogen and oxygen atoms in total. The maximum Gasteiger partial charge on any atom is 0.303 e. The summed E-state index contributed by atoms with van der Waals surface area (Å²) in [6, 6.07) is 19.0. The zero-order valence-corrected chi connectivity index (χ0v) is 13.6. The van der Waals surface area contributed by atoms with Gasteiger partial charge in [-0.25, -0.2) is 0 Å². The van der Waals surface area contributed by atoms with Gasteiger partial charge in [-0.15, -0.1) is 0 Å². The van der Waals surface area contributed by atoms with E-state index in [0.717, 1.165) is 25.8 Å². The number of carbonyl (C=O) groups is 1. The Kier molecular flexibility index (Phi) is 3.85. The second-order valence-electron chi connectivity index (χ2n) is 6.72. The van der Waals surface area contributed by atoms with E-state index in [-0.39, 0.29) is 12.3 Å². The lowest BCUT2D eigenvalue weighted by Gasteiger charge is -2.23. The minimum absolute atomic E-state index is 0.244. The van der Waals surface area contributed by atoms with Crippen molar-refractivity contribution in [1.82, 2.24) is 4.57 Å². The minimum Gasteiger partial charge on any atom is -0.481 e. The van der Waals surface area contributed by atoms with Crippen LogP contribution in [-0.4, -0.2) is 15.6 Å². The van der Waals surface area contributed by atoms with Crippen molar-refractivity contribution in [2.24, 2.45) is 5.92 Å². The molecule has 0 bridgehead atoms. The number of hydrogen-bond donors (Lipinski definition) is 1. The third-order valence-electron chi connectivity index (χ3n) is 5.13. The van der Waals surface area contributed by atoms with Gasteiger partial charge in [0.25, 0.3) is 0 Å². The van der Waals surface area contributed by atoms with Crippen LogP contribution in [0.2, 0.25) is 0 Å². The normalized spacial score (nSPS) is 16.9. The summed E-state index contributed by atoms with van der Waals surface area (Å²) in [6.07, 6.45) is 3.09. The van der Waals surface area contributed by atoms with Gasteiger partial charge in [0.1, 0.15) is 0 Å². The molecule has 1 aliphatic rings. The summed E-state index contributed by atoms with van der Waals surface area (Å²) in [6.45, 7) is 0.844. The molecule has 1 heterocycles. The van der Waals surface area contributed by atoms with Crippen molar-refractivity contribution < 1.29 is 9.90 Å². The molecule has 0 fully saturated rings. The Bertz CT molecular complexity index is 879. The summed E-state index contributed by atoms with van der Waals surface area (Å²) in [5.41, 5.74) is 5.30. The van der Waals surface area contributed by atoms with Crippen molar-refractivity contribution in [3.63, 3.8) is 0 Å². The third kappa shape index (κ3) is 2.71. The number of aryl methyl sites for hydroxylation is 1. The fourth-order valence-corrected chi connectivity index (χ4v) is 4.03. The minimum atomic E-state index is -0.686. The summed E-state index contributed by atoms with van der Waals surface area (Å²) in [5.74, 6) is -0.442. The average molecular weight is 319 g/mol. The number of benzene rings is 2. The van der Waals surface area contributed by atoms with E-state index < -0.39 is 5.97 Å². The number of para-hydroxylation sites is 1. The standard InChI is InChI=1S/C21H21NO2/c23-21(24)13-16-10-11-18-17-8-4-5-9-19(17)22(20(18)12-16)14-15-6-2-1-3-7-15/h1-9,16H,10-14H2,(H,23,24). The van der Waals surface area contributed by atoms with Crippen molar-refractivity contribution in [3.05, 3.63) is 71.4 Å². The van der Waals surface area contributed by atoms with Crippen LogP contribution in [0.4, 0.5) is 0 Å². The predicted molar refractivity (Wildman–Crippen MR) is 95.2 cm³/mol. The van der Waals surface area contributed by atoms with E-state index in [2.05, 4.69) is 53.1 Å². The van der Waals surface area contributed by atoms with E-state index in [1.54, 1.807) is 0 Å². The van der Waals surface area contributed by atoms with Crippen LogP contribution in [-0.2, 0) is 24.2 Å². The lowest BCUT2D eigenvalue weighted by molar-refractivity contribution is -0.138. The van der Waals surface area contributed by atoms with E-state index in [0.29, 0.717) is 0 Å². The van der Waals surface area contributed by atoms with Crippen molar-refractivity contribution >= 4 is 16.9 Å². The predicted octanol–water partition coefficient (Wildman–Crippen LogP) is 4.27. The maximum atomic E-state index is 11.1. The van der Waals surface area contributed by atoms with Crippen molar-refractivity contribution in [2.45, 2.75) is 32.2 Å². The van der Waals surface area contributed by atoms with Crippen LogP contribution in [0.5, 0.6) is 0 Å². The van der Waals surface area contributed by atoms with Crippen LogP contribution in [0, 0.1) is 5.92 Å². The van der Waals surface area contributed by atoms with Gasteiger partial charge in [0.15, 0.2) is 0 Å². The molecule has 0 radical (unpaired) electrons. The molecule has 0 spiro atoms. The molecule has 0 saturated heterocycles. The van der Waals surface area contributed by atoms with Crippen LogP contribution in [0.3, 0.4) is 0 Å². The van der Waals surface area contributed by atoms with Gasteiger partial charge in [-0.1, -0.05) is 48.5 Å². The number of rotatable bonds is 4. The second kappa shape index (κ2) is 6.16. The van der Waals surface area contributed by atoms with Gasteiger partial charge in [0.2, 0.25) is 0 Å². The van der Waals surface area contributed by atoms with E-state index in [1.165, 1.54) is 27.7 Å². The Hall–Kier alpha value is -2.55. The molecule has 1 N–H and O–H groups in total. The van der Waals surface area contributed by atoms with Crippen LogP contribution in [0.1, 0.15) is 29.7 Å². The topological polar surface area (TPSA) is 42.2 Å². The first kappa shape index (κ1) is 15.0. The smallest absolute Gasteiger partial charge is 0.303 e. The number of hydrogen-bond acceptors (Lipinski definition) is 1. The average Bonchev–Trinajstić information content (AvgIpc) is 2.89. The van der Waals surface area contributed by atoms with E-state index in [9.17, 15) is 4.79 Å². The summed E-state index contributed by atoms with van der Waals surface area (Å²) in [7, 11) is 0. The maximum absolute atomic E-state index is 11.1. The molecule has 122 valence electrons. The van der Waals surface area contributed by atoms with Gasteiger partial charge in [0.05, 0.1) is 0 Å². The lowest BCUT2D eigenvalue weighted by atomic mass is 9.85. The Balaban J connectivity index is 1.79. The Morgan fingerprint density at radius 3 is 2.62 bits per heavy atom. The molecule has 3 aromatic rings. The first-order chi connectivity index (χ1) is 11.7. The summed E-state index contributed by atoms with van der Waals surface area (Å²) < 4.78 is 2.40. The Morgan fingerprint density at radius 2 is 1.83 bits per heavy atom. The molecular weight excluding hydrogens is 298 g/mol. The van der Waals surface area contributed by atoms with Crippen molar-refractivity contribution in [2.75, 3.05) is 0 Å². The van der Waals surface area contributed by atoms with Gasteiger partial charge >= 0.3 is 5.97 Å².